The number of benzene rings is 2. The molecule has 7 heteroatoms. The van der Waals surface area contributed by atoms with Gasteiger partial charge in [-0.25, -0.2) is 4.79 Å². The summed E-state index contributed by atoms with van der Waals surface area (Å²) in [5.74, 6) is -1.58. The van der Waals surface area contributed by atoms with E-state index in [9.17, 15) is 19.2 Å². The van der Waals surface area contributed by atoms with Crippen LogP contribution in [0.1, 0.15) is 69.9 Å². The Morgan fingerprint density at radius 2 is 1.65 bits per heavy atom. The van der Waals surface area contributed by atoms with Crippen molar-refractivity contribution in [3.05, 3.63) is 70.8 Å². The van der Waals surface area contributed by atoms with Gasteiger partial charge in [-0.1, -0.05) is 44.2 Å². The summed E-state index contributed by atoms with van der Waals surface area (Å²) >= 11 is 0. The molecule has 0 saturated carbocycles. The minimum absolute atomic E-state index is 0.120. The van der Waals surface area contributed by atoms with Crippen LogP contribution in [0.4, 0.5) is 0 Å². The molecule has 2 aromatic rings. The van der Waals surface area contributed by atoms with Crippen LogP contribution in [0.25, 0.3) is 0 Å². The number of ether oxygens (including phenoxy) is 1. The second kappa shape index (κ2) is 9.55. The highest BCUT2D eigenvalue weighted by atomic mass is 16.5. The van der Waals surface area contributed by atoms with E-state index in [1.165, 1.54) is 23.1 Å². The summed E-state index contributed by atoms with van der Waals surface area (Å²) in [5, 5.41) is 2.76. The van der Waals surface area contributed by atoms with E-state index in [-0.39, 0.29) is 28.6 Å². The average molecular weight is 422 g/mol. The number of amides is 3. The number of rotatable bonds is 8. The number of nitrogens with one attached hydrogen (secondary N) is 1. The number of hydrogen-bond acceptors (Lipinski definition) is 5. The molecule has 1 N–H and O–H groups in total. The molecule has 1 aliphatic heterocycles. The summed E-state index contributed by atoms with van der Waals surface area (Å²) in [6, 6.07) is 13.4. The van der Waals surface area contributed by atoms with Gasteiger partial charge in [0.15, 0.2) is 6.61 Å². The van der Waals surface area contributed by atoms with Crippen LogP contribution in [-0.2, 0) is 9.53 Å². The molecular formula is C24H26N2O5. The average Bonchev–Trinajstić information content (AvgIpc) is 3.00. The van der Waals surface area contributed by atoms with E-state index in [2.05, 4.69) is 5.32 Å². The second-order valence-corrected chi connectivity index (χ2v) is 7.98. The zero-order chi connectivity index (χ0) is 22.5. The zero-order valence-corrected chi connectivity index (χ0v) is 17.9. The monoisotopic (exact) mass is 422 g/mol. The molecule has 31 heavy (non-hydrogen) atoms. The first-order chi connectivity index (χ1) is 14.8. The Bertz CT molecular complexity index is 1000. The van der Waals surface area contributed by atoms with Crippen LogP contribution >= 0.6 is 0 Å². The van der Waals surface area contributed by atoms with Crippen molar-refractivity contribution in [2.24, 2.45) is 5.92 Å². The maximum atomic E-state index is 12.6. The zero-order valence-electron chi connectivity index (χ0n) is 17.9. The van der Waals surface area contributed by atoms with Crippen molar-refractivity contribution in [2.45, 2.75) is 33.2 Å². The van der Waals surface area contributed by atoms with Crippen LogP contribution in [0.5, 0.6) is 0 Å². The van der Waals surface area contributed by atoms with Gasteiger partial charge in [0.05, 0.1) is 22.7 Å². The van der Waals surface area contributed by atoms with Crippen LogP contribution in [-0.4, -0.2) is 41.7 Å². The molecule has 0 radical (unpaired) electrons. The lowest BCUT2D eigenvalue weighted by Crippen LogP contribution is -2.31. The fourth-order valence-electron chi connectivity index (χ4n) is 3.33. The molecule has 3 rings (SSSR count). The fourth-order valence-corrected chi connectivity index (χ4v) is 3.33. The lowest BCUT2D eigenvalue weighted by Gasteiger charge is -2.14. The summed E-state index contributed by atoms with van der Waals surface area (Å²) < 4.78 is 5.09. The predicted molar refractivity (Wildman–Crippen MR) is 115 cm³/mol. The molecular weight excluding hydrogens is 396 g/mol. The predicted octanol–water partition coefficient (Wildman–Crippen LogP) is 3.36. The number of carbonyl (C=O) groups excluding carboxylic acids is 4. The second-order valence-electron chi connectivity index (χ2n) is 7.98. The van der Waals surface area contributed by atoms with Crippen molar-refractivity contribution in [3.8, 4) is 0 Å². The molecule has 1 heterocycles. The van der Waals surface area contributed by atoms with Gasteiger partial charge in [-0.15, -0.1) is 0 Å². The van der Waals surface area contributed by atoms with Gasteiger partial charge in [-0.2, -0.15) is 0 Å². The van der Waals surface area contributed by atoms with Crippen molar-refractivity contribution in [3.63, 3.8) is 0 Å². The Morgan fingerprint density at radius 1 is 0.968 bits per heavy atom. The lowest BCUT2D eigenvalue weighted by molar-refractivity contribution is -0.124. The number of imide groups is 1. The van der Waals surface area contributed by atoms with E-state index in [4.69, 9.17) is 4.74 Å². The molecule has 0 spiro atoms. The van der Waals surface area contributed by atoms with Gasteiger partial charge in [0.1, 0.15) is 0 Å². The summed E-state index contributed by atoms with van der Waals surface area (Å²) in [6.07, 6.45) is 0.705. The number of fused-ring (bicyclic) bond motifs is 1. The van der Waals surface area contributed by atoms with Gasteiger partial charge in [-0.05, 0) is 43.0 Å². The van der Waals surface area contributed by atoms with Crippen LogP contribution in [0.15, 0.2) is 48.5 Å². The molecule has 2 aromatic carbocycles. The molecule has 1 unspecified atom stereocenters. The van der Waals surface area contributed by atoms with E-state index in [1.54, 1.807) is 0 Å². The highest BCUT2D eigenvalue weighted by Gasteiger charge is 2.35. The summed E-state index contributed by atoms with van der Waals surface area (Å²) in [4.78, 5) is 50.8. The van der Waals surface area contributed by atoms with Gasteiger partial charge in [0.25, 0.3) is 17.7 Å². The minimum atomic E-state index is -0.730. The van der Waals surface area contributed by atoms with Crippen LogP contribution in [0.3, 0.4) is 0 Å². The first-order valence-corrected chi connectivity index (χ1v) is 10.3. The summed E-state index contributed by atoms with van der Waals surface area (Å²) in [7, 11) is 0. The van der Waals surface area contributed by atoms with Crippen molar-refractivity contribution in [1.29, 1.82) is 0 Å². The molecule has 1 aliphatic rings. The minimum Gasteiger partial charge on any atom is -0.452 e. The Labute approximate surface area is 181 Å². The van der Waals surface area contributed by atoms with E-state index in [0.717, 1.165) is 5.56 Å². The molecule has 0 aromatic heterocycles. The Balaban J connectivity index is 1.59. The normalized spacial score (nSPS) is 13.9. The molecule has 3 amide bonds. The van der Waals surface area contributed by atoms with Crippen LogP contribution < -0.4 is 5.32 Å². The molecule has 0 aliphatic carbocycles. The standard InChI is InChI=1S/C24H26N2O5/c1-15(2)11-12-26-22(28)19-10-9-18(13-20(19)23(26)29)24(30)31-14-21(27)25-16(3)17-7-5-4-6-8-17/h4-10,13,15-16H,11-12,14H2,1-3H3,(H,25,27). The summed E-state index contributed by atoms with van der Waals surface area (Å²) in [6.45, 7) is 5.76. The van der Waals surface area contributed by atoms with E-state index in [1.807, 2.05) is 51.1 Å². The third kappa shape index (κ3) is 5.17. The summed E-state index contributed by atoms with van der Waals surface area (Å²) in [5.41, 5.74) is 1.52. The highest BCUT2D eigenvalue weighted by molar-refractivity contribution is 6.22. The Hall–Kier alpha value is -3.48. The van der Waals surface area contributed by atoms with Crippen molar-refractivity contribution >= 4 is 23.7 Å². The van der Waals surface area contributed by atoms with E-state index in [0.29, 0.717) is 18.9 Å². The largest absolute Gasteiger partial charge is 0.452 e. The van der Waals surface area contributed by atoms with Gasteiger partial charge >= 0.3 is 5.97 Å². The number of nitrogens with zero attached hydrogens (tertiary/aromatic N) is 1. The topological polar surface area (TPSA) is 92.8 Å². The Morgan fingerprint density at radius 3 is 2.32 bits per heavy atom. The quantitative estimate of drug-likeness (QED) is 0.520. The molecule has 162 valence electrons. The third-order valence-corrected chi connectivity index (χ3v) is 5.15. The fraction of sp³-hybridized carbons (Fsp3) is 0.333. The SMILES string of the molecule is CC(C)CCN1C(=O)c2ccc(C(=O)OCC(=O)NC(C)c3ccccc3)cc2C1=O. The van der Waals surface area contributed by atoms with Gasteiger partial charge in [0.2, 0.25) is 0 Å². The lowest BCUT2D eigenvalue weighted by atomic mass is 10.1. The number of esters is 1. The van der Waals surface area contributed by atoms with Crippen molar-refractivity contribution in [2.75, 3.05) is 13.2 Å². The van der Waals surface area contributed by atoms with Crippen LogP contribution in [0, 0.1) is 5.92 Å². The van der Waals surface area contributed by atoms with Crippen molar-refractivity contribution < 1.29 is 23.9 Å². The Kier molecular flexibility index (Phi) is 6.84. The molecule has 0 fully saturated rings. The number of carbonyl (C=O) groups is 4. The maximum absolute atomic E-state index is 12.6. The molecule has 1 atom stereocenters. The molecule has 7 nitrogen and oxygen atoms in total. The first kappa shape index (κ1) is 22.2. The first-order valence-electron chi connectivity index (χ1n) is 10.3. The van der Waals surface area contributed by atoms with Gasteiger partial charge in [-0.3, -0.25) is 19.3 Å². The maximum Gasteiger partial charge on any atom is 0.338 e. The van der Waals surface area contributed by atoms with E-state index >= 15 is 0 Å². The van der Waals surface area contributed by atoms with Gasteiger partial charge in [0, 0.05) is 6.54 Å². The van der Waals surface area contributed by atoms with E-state index < -0.39 is 24.4 Å². The smallest absolute Gasteiger partial charge is 0.338 e. The highest BCUT2D eigenvalue weighted by Crippen LogP contribution is 2.25. The molecule has 0 bridgehead atoms. The van der Waals surface area contributed by atoms with Gasteiger partial charge < -0.3 is 10.1 Å². The van der Waals surface area contributed by atoms with Crippen molar-refractivity contribution in [1.82, 2.24) is 10.2 Å². The third-order valence-electron chi connectivity index (χ3n) is 5.15. The molecule has 0 saturated heterocycles. The van der Waals surface area contributed by atoms with Crippen LogP contribution in [0.2, 0.25) is 0 Å². The number of hydrogen-bond donors (Lipinski definition) is 1.